The summed E-state index contributed by atoms with van der Waals surface area (Å²) in [6.45, 7) is 7.98. The first-order valence-electron chi connectivity index (χ1n) is 6.55. The van der Waals surface area contributed by atoms with Gasteiger partial charge in [0.15, 0.2) is 0 Å². The summed E-state index contributed by atoms with van der Waals surface area (Å²) in [6.07, 6.45) is 4.84. The van der Waals surface area contributed by atoms with Crippen molar-refractivity contribution in [3.8, 4) is 0 Å². The minimum Gasteiger partial charge on any atom is -0.462 e. The highest BCUT2D eigenvalue weighted by molar-refractivity contribution is 5.86. The number of rotatable bonds is 4. The van der Waals surface area contributed by atoms with E-state index in [1.54, 1.807) is 6.92 Å². The second-order valence-corrected chi connectivity index (χ2v) is 6.20. The van der Waals surface area contributed by atoms with Crippen LogP contribution in [0.3, 0.4) is 0 Å². The van der Waals surface area contributed by atoms with Gasteiger partial charge in [-0.05, 0) is 38.0 Å². The van der Waals surface area contributed by atoms with Crippen LogP contribution in [0.1, 0.15) is 59.8 Å². The summed E-state index contributed by atoms with van der Waals surface area (Å²) in [5.74, 6) is -0.153. The average Bonchev–Trinajstić information content (AvgIpc) is 2.64. The van der Waals surface area contributed by atoms with Crippen molar-refractivity contribution in [3.05, 3.63) is 0 Å². The first-order valence-corrected chi connectivity index (χ1v) is 6.55. The van der Waals surface area contributed by atoms with Gasteiger partial charge < -0.3 is 10.1 Å². The van der Waals surface area contributed by atoms with Gasteiger partial charge in [0.05, 0.1) is 6.42 Å². The molecule has 1 fully saturated rings. The van der Waals surface area contributed by atoms with E-state index in [0.29, 0.717) is 12.1 Å². The van der Waals surface area contributed by atoms with E-state index < -0.39 is 0 Å². The Hall–Kier alpha value is -0.860. The van der Waals surface area contributed by atoms with Gasteiger partial charge in [0, 0.05) is 11.6 Å². The number of carbonyl (C=O) groups is 1. The van der Waals surface area contributed by atoms with Crippen LogP contribution in [0.15, 0.2) is 0 Å². The summed E-state index contributed by atoms with van der Waals surface area (Å²) >= 11 is 0. The third kappa shape index (κ3) is 4.49. The maximum Gasteiger partial charge on any atom is 0.306 e. The van der Waals surface area contributed by atoms with Gasteiger partial charge in [0.1, 0.15) is 6.10 Å². The van der Waals surface area contributed by atoms with E-state index in [1.165, 1.54) is 12.8 Å². The lowest BCUT2D eigenvalue weighted by Crippen LogP contribution is -2.30. The molecule has 0 aromatic carbocycles. The highest BCUT2D eigenvalue weighted by Gasteiger charge is 2.30. The minimum absolute atomic E-state index is 0.0172. The molecule has 1 aliphatic rings. The van der Waals surface area contributed by atoms with E-state index >= 15 is 0 Å². The number of hydrogen-bond acceptors (Lipinski definition) is 3. The van der Waals surface area contributed by atoms with Crippen LogP contribution >= 0.6 is 0 Å². The van der Waals surface area contributed by atoms with Crippen molar-refractivity contribution in [1.29, 1.82) is 5.41 Å². The van der Waals surface area contributed by atoms with Gasteiger partial charge in [-0.2, -0.15) is 0 Å². The van der Waals surface area contributed by atoms with E-state index in [2.05, 4.69) is 20.8 Å². The Morgan fingerprint density at radius 2 is 1.88 bits per heavy atom. The SMILES string of the molecule is CC(=N)[C@@H](CC(=O)OC1CCCC1)C(C)(C)C. The molecule has 1 saturated carbocycles. The molecular formula is C14H25NO2. The van der Waals surface area contributed by atoms with Gasteiger partial charge in [-0.1, -0.05) is 20.8 Å². The lowest BCUT2D eigenvalue weighted by atomic mass is 9.76. The summed E-state index contributed by atoms with van der Waals surface area (Å²) < 4.78 is 5.45. The van der Waals surface area contributed by atoms with Crippen molar-refractivity contribution in [3.63, 3.8) is 0 Å². The van der Waals surface area contributed by atoms with E-state index in [0.717, 1.165) is 12.8 Å². The topological polar surface area (TPSA) is 50.2 Å². The van der Waals surface area contributed by atoms with Gasteiger partial charge in [-0.25, -0.2) is 0 Å². The zero-order valence-corrected chi connectivity index (χ0v) is 11.5. The molecule has 0 spiro atoms. The molecule has 0 aromatic rings. The average molecular weight is 239 g/mol. The summed E-state index contributed by atoms with van der Waals surface area (Å²) in [5, 5.41) is 7.78. The number of ether oxygens (including phenoxy) is 1. The van der Waals surface area contributed by atoms with Crippen LogP contribution in [0, 0.1) is 16.7 Å². The first-order chi connectivity index (χ1) is 7.80. The highest BCUT2D eigenvalue weighted by atomic mass is 16.5. The van der Waals surface area contributed by atoms with Crippen molar-refractivity contribution >= 4 is 11.7 Å². The predicted molar refractivity (Wildman–Crippen MR) is 69.3 cm³/mol. The second-order valence-electron chi connectivity index (χ2n) is 6.20. The molecule has 0 radical (unpaired) electrons. The van der Waals surface area contributed by atoms with E-state index in [4.69, 9.17) is 10.1 Å². The largest absolute Gasteiger partial charge is 0.462 e. The molecule has 98 valence electrons. The highest BCUT2D eigenvalue weighted by Crippen LogP contribution is 2.30. The fraction of sp³-hybridized carbons (Fsp3) is 0.857. The number of hydrogen-bond donors (Lipinski definition) is 1. The summed E-state index contributed by atoms with van der Waals surface area (Å²) in [6, 6.07) is 0. The van der Waals surface area contributed by atoms with Crippen LogP contribution < -0.4 is 0 Å². The van der Waals surface area contributed by atoms with Gasteiger partial charge in [0.25, 0.3) is 0 Å². The quantitative estimate of drug-likeness (QED) is 0.602. The second kappa shape index (κ2) is 5.65. The molecular weight excluding hydrogens is 214 g/mol. The van der Waals surface area contributed by atoms with Crippen molar-refractivity contribution in [2.24, 2.45) is 11.3 Å². The normalized spacial score (nSPS) is 19.1. The van der Waals surface area contributed by atoms with Gasteiger partial charge >= 0.3 is 5.97 Å². The van der Waals surface area contributed by atoms with E-state index in [1.807, 2.05) is 0 Å². The van der Waals surface area contributed by atoms with E-state index in [-0.39, 0.29) is 23.4 Å². The molecule has 3 nitrogen and oxygen atoms in total. The monoisotopic (exact) mass is 239 g/mol. The molecule has 0 bridgehead atoms. The summed E-state index contributed by atoms with van der Waals surface area (Å²) in [5.41, 5.74) is 0.515. The van der Waals surface area contributed by atoms with Crippen LogP contribution in [0.25, 0.3) is 0 Å². The van der Waals surface area contributed by atoms with Crippen LogP contribution in [-0.2, 0) is 9.53 Å². The molecule has 1 aliphatic carbocycles. The molecule has 0 amide bonds. The Morgan fingerprint density at radius 3 is 2.29 bits per heavy atom. The Labute approximate surface area is 104 Å². The molecule has 1 N–H and O–H groups in total. The lowest BCUT2D eigenvalue weighted by Gasteiger charge is -2.29. The Bertz CT molecular complexity index is 285. The first kappa shape index (κ1) is 14.2. The van der Waals surface area contributed by atoms with Crippen molar-refractivity contribution in [1.82, 2.24) is 0 Å². The Morgan fingerprint density at radius 1 is 1.35 bits per heavy atom. The van der Waals surface area contributed by atoms with Crippen LogP contribution in [-0.4, -0.2) is 17.8 Å². The van der Waals surface area contributed by atoms with Crippen LogP contribution in [0.4, 0.5) is 0 Å². The standard InChI is InChI=1S/C14H25NO2/c1-10(15)12(14(2,3)4)9-13(16)17-11-7-5-6-8-11/h11-12,15H,5-9H2,1-4H3/t12-/m1/s1. The fourth-order valence-corrected chi connectivity index (χ4v) is 2.52. The molecule has 3 heteroatoms. The molecule has 17 heavy (non-hydrogen) atoms. The zero-order valence-electron chi connectivity index (χ0n) is 11.5. The molecule has 0 unspecified atom stereocenters. The smallest absolute Gasteiger partial charge is 0.306 e. The number of esters is 1. The van der Waals surface area contributed by atoms with Crippen molar-refractivity contribution < 1.29 is 9.53 Å². The third-order valence-electron chi connectivity index (χ3n) is 3.54. The molecule has 0 saturated heterocycles. The number of nitrogens with one attached hydrogen (secondary N) is 1. The maximum absolute atomic E-state index is 11.8. The molecule has 1 atom stereocenters. The maximum atomic E-state index is 11.8. The number of carbonyl (C=O) groups excluding carboxylic acids is 1. The summed E-state index contributed by atoms with van der Waals surface area (Å²) in [7, 11) is 0. The van der Waals surface area contributed by atoms with E-state index in [9.17, 15) is 4.79 Å². The predicted octanol–water partition coefficient (Wildman–Crippen LogP) is 3.56. The zero-order chi connectivity index (χ0) is 13.1. The Balaban J connectivity index is 2.49. The van der Waals surface area contributed by atoms with Gasteiger partial charge in [0.2, 0.25) is 0 Å². The molecule has 0 aliphatic heterocycles. The third-order valence-corrected chi connectivity index (χ3v) is 3.54. The minimum atomic E-state index is -0.136. The lowest BCUT2D eigenvalue weighted by molar-refractivity contribution is -0.150. The van der Waals surface area contributed by atoms with Gasteiger partial charge in [-0.15, -0.1) is 0 Å². The molecule has 1 rings (SSSR count). The van der Waals surface area contributed by atoms with Crippen LogP contribution in [0.5, 0.6) is 0 Å². The van der Waals surface area contributed by atoms with Crippen molar-refractivity contribution in [2.75, 3.05) is 0 Å². The molecule has 0 heterocycles. The molecule has 0 aromatic heterocycles. The van der Waals surface area contributed by atoms with Crippen LogP contribution in [0.2, 0.25) is 0 Å². The van der Waals surface area contributed by atoms with Gasteiger partial charge in [-0.3, -0.25) is 4.79 Å². The Kier molecular flexibility index (Phi) is 4.72. The fourth-order valence-electron chi connectivity index (χ4n) is 2.52. The summed E-state index contributed by atoms with van der Waals surface area (Å²) in [4.78, 5) is 11.8. The van der Waals surface area contributed by atoms with Crippen molar-refractivity contribution in [2.45, 2.75) is 65.9 Å².